The molecule has 3 aromatic carbocycles. The molecule has 0 aliphatic carbocycles. The van der Waals surface area contributed by atoms with Crippen LogP contribution in [0.4, 0.5) is 4.39 Å². The largest absolute Gasteiger partial charge is 0.508 e. The normalized spacial score (nSPS) is 13.9. The number of benzene rings is 3. The van der Waals surface area contributed by atoms with E-state index in [1.165, 1.54) is 6.07 Å². The summed E-state index contributed by atoms with van der Waals surface area (Å²) in [5.74, 6) is 1.44. The van der Waals surface area contributed by atoms with Crippen molar-refractivity contribution in [2.75, 3.05) is 33.4 Å². The maximum Gasteiger partial charge on any atom is 0.251 e. The quantitative estimate of drug-likeness (QED) is 0.123. The Bertz CT molecular complexity index is 1870. The summed E-state index contributed by atoms with van der Waals surface area (Å²) in [5.41, 5.74) is 4.87. The van der Waals surface area contributed by atoms with Gasteiger partial charge in [-0.25, -0.2) is 14.4 Å². The fourth-order valence-electron chi connectivity index (χ4n) is 6.25. The van der Waals surface area contributed by atoms with E-state index in [1.807, 2.05) is 42.5 Å². The zero-order chi connectivity index (χ0) is 34.2. The van der Waals surface area contributed by atoms with Crippen LogP contribution in [0, 0.1) is 5.82 Å². The summed E-state index contributed by atoms with van der Waals surface area (Å²) in [4.78, 5) is 25.1. The topological polar surface area (TPSA) is 102 Å². The van der Waals surface area contributed by atoms with Crippen LogP contribution in [0.5, 0.6) is 11.6 Å². The minimum absolute atomic E-state index is 0.0796. The molecule has 9 nitrogen and oxygen atoms in total. The Hall–Kier alpha value is -4.51. The van der Waals surface area contributed by atoms with Crippen molar-refractivity contribution < 1.29 is 23.8 Å². The SMILES string of the molecule is COCCn1c(CN2CCC(c3cccc(OCc4ccc(Cl)cc4F)n3)CC2)nc2cc(C(=O)NCCCc3ccc(O)cc3)ccc21. The van der Waals surface area contributed by atoms with Crippen molar-refractivity contribution in [3.63, 3.8) is 0 Å². The minimum atomic E-state index is -0.396. The second kappa shape index (κ2) is 16.3. The molecular weight excluding hydrogens is 645 g/mol. The third kappa shape index (κ3) is 8.94. The van der Waals surface area contributed by atoms with Crippen LogP contribution in [0.15, 0.2) is 78.9 Å². The Labute approximate surface area is 290 Å². The number of rotatable bonds is 14. The van der Waals surface area contributed by atoms with Gasteiger partial charge >= 0.3 is 0 Å². The number of phenolic OH excluding ortho intramolecular Hbond substituents is 1. The summed E-state index contributed by atoms with van der Waals surface area (Å²) in [6.07, 6.45) is 3.50. The zero-order valence-corrected chi connectivity index (χ0v) is 28.3. The number of nitrogens with one attached hydrogen (secondary N) is 1. The van der Waals surface area contributed by atoms with E-state index >= 15 is 0 Å². The first-order valence-electron chi connectivity index (χ1n) is 16.7. The van der Waals surface area contributed by atoms with Gasteiger partial charge in [0, 0.05) is 54.0 Å². The lowest BCUT2D eigenvalue weighted by Crippen LogP contribution is -2.33. The van der Waals surface area contributed by atoms with Gasteiger partial charge in [0.25, 0.3) is 5.91 Å². The second-order valence-electron chi connectivity index (χ2n) is 12.4. The van der Waals surface area contributed by atoms with Gasteiger partial charge in [0.2, 0.25) is 5.88 Å². The number of fused-ring (bicyclic) bond motifs is 1. The van der Waals surface area contributed by atoms with Crippen LogP contribution in [-0.2, 0) is 30.9 Å². The van der Waals surface area contributed by atoms with Crippen LogP contribution in [0.1, 0.15) is 58.2 Å². The molecule has 49 heavy (non-hydrogen) atoms. The molecule has 2 N–H and O–H groups in total. The van der Waals surface area contributed by atoms with E-state index in [0.29, 0.717) is 54.2 Å². The highest BCUT2D eigenvalue weighted by atomic mass is 35.5. The van der Waals surface area contributed by atoms with Gasteiger partial charge in [-0.1, -0.05) is 35.9 Å². The lowest BCUT2D eigenvalue weighted by molar-refractivity contribution is 0.0953. The number of hydrogen-bond acceptors (Lipinski definition) is 7. The molecule has 1 amide bonds. The van der Waals surface area contributed by atoms with Crippen LogP contribution in [0.25, 0.3) is 11.0 Å². The van der Waals surface area contributed by atoms with Crippen molar-refractivity contribution in [3.8, 4) is 11.6 Å². The lowest BCUT2D eigenvalue weighted by Gasteiger charge is -2.31. The van der Waals surface area contributed by atoms with Gasteiger partial charge in [-0.3, -0.25) is 9.69 Å². The average Bonchev–Trinajstić information content (AvgIpc) is 3.45. The number of aryl methyl sites for hydroxylation is 1. The predicted molar refractivity (Wildman–Crippen MR) is 188 cm³/mol. The van der Waals surface area contributed by atoms with Gasteiger partial charge in [0.1, 0.15) is 24.0 Å². The number of carbonyl (C=O) groups is 1. The van der Waals surface area contributed by atoms with Crippen molar-refractivity contribution in [2.24, 2.45) is 0 Å². The Morgan fingerprint density at radius 3 is 2.63 bits per heavy atom. The van der Waals surface area contributed by atoms with E-state index in [-0.39, 0.29) is 18.3 Å². The zero-order valence-electron chi connectivity index (χ0n) is 27.6. The maximum atomic E-state index is 14.2. The Morgan fingerprint density at radius 2 is 1.86 bits per heavy atom. The molecule has 256 valence electrons. The number of hydrogen-bond donors (Lipinski definition) is 2. The molecule has 0 saturated carbocycles. The van der Waals surface area contributed by atoms with E-state index in [9.17, 15) is 14.3 Å². The first-order valence-corrected chi connectivity index (χ1v) is 17.0. The monoisotopic (exact) mass is 685 g/mol. The van der Waals surface area contributed by atoms with Gasteiger partial charge < -0.3 is 24.5 Å². The first kappa shape index (κ1) is 34.4. The van der Waals surface area contributed by atoms with Crippen LogP contribution in [0.3, 0.4) is 0 Å². The van der Waals surface area contributed by atoms with Gasteiger partial charge in [-0.05, 0) is 92.9 Å². The number of ether oxygens (including phenoxy) is 2. The van der Waals surface area contributed by atoms with Gasteiger partial charge in [0.05, 0.1) is 24.2 Å². The number of aromatic nitrogens is 3. The van der Waals surface area contributed by atoms with Gasteiger partial charge in [0.15, 0.2) is 0 Å². The second-order valence-corrected chi connectivity index (χ2v) is 12.8. The van der Waals surface area contributed by atoms with E-state index in [1.54, 1.807) is 37.4 Å². The number of imidazole rings is 1. The highest BCUT2D eigenvalue weighted by Crippen LogP contribution is 2.29. The number of aromatic hydroxyl groups is 1. The maximum absolute atomic E-state index is 14.2. The highest BCUT2D eigenvalue weighted by Gasteiger charge is 2.24. The molecule has 1 aliphatic heterocycles. The van der Waals surface area contributed by atoms with E-state index in [4.69, 9.17) is 31.0 Å². The van der Waals surface area contributed by atoms with Crippen LogP contribution in [0.2, 0.25) is 5.02 Å². The van der Waals surface area contributed by atoms with Gasteiger partial charge in [-0.2, -0.15) is 0 Å². The number of halogens is 2. The number of piperidine rings is 1. The molecule has 3 heterocycles. The minimum Gasteiger partial charge on any atom is -0.508 e. The van der Waals surface area contributed by atoms with Crippen LogP contribution in [-0.4, -0.2) is 63.8 Å². The summed E-state index contributed by atoms with van der Waals surface area (Å²) in [5, 5.41) is 12.8. The number of nitrogens with zero attached hydrogens (tertiary/aromatic N) is 4. The lowest BCUT2D eigenvalue weighted by atomic mass is 9.93. The highest BCUT2D eigenvalue weighted by molar-refractivity contribution is 6.30. The first-order chi connectivity index (χ1) is 23.9. The van der Waals surface area contributed by atoms with Crippen molar-refractivity contribution >= 4 is 28.5 Å². The number of methoxy groups -OCH3 is 1. The Kier molecular flexibility index (Phi) is 11.4. The summed E-state index contributed by atoms with van der Waals surface area (Å²) in [6.45, 7) is 4.31. The molecular formula is C38H41ClFN5O4. The van der Waals surface area contributed by atoms with E-state index in [2.05, 4.69) is 14.8 Å². The molecule has 0 radical (unpaired) electrons. The molecule has 5 aromatic rings. The van der Waals surface area contributed by atoms with Crippen LogP contribution < -0.4 is 10.1 Å². The number of likely N-dealkylation sites (tertiary alicyclic amines) is 1. The average molecular weight is 686 g/mol. The van der Waals surface area contributed by atoms with E-state index < -0.39 is 5.82 Å². The smallest absolute Gasteiger partial charge is 0.251 e. The third-order valence-electron chi connectivity index (χ3n) is 8.98. The number of phenols is 1. The third-order valence-corrected chi connectivity index (χ3v) is 9.21. The summed E-state index contributed by atoms with van der Waals surface area (Å²) in [6, 6.07) is 23.2. The fraction of sp³-hybridized carbons (Fsp3) is 0.342. The molecule has 0 spiro atoms. The number of carbonyl (C=O) groups excluding carboxylic acids is 1. The molecule has 0 atom stereocenters. The van der Waals surface area contributed by atoms with Crippen molar-refractivity contribution in [1.29, 1.82) is 0 Å². The van der Waals surface area contributed by atoms with Crippen molar-refractivity contribution in [3.05, 3.63) is 118 Å². The molecule has 11 heteroatoms. The Morgan fingerprint density at radius 1 is 1.04 bits per heavy atom. The van der Waals surface area contributed by atoms with Crippen molar-refractivity contribution in [1.82, 2.24) is 24.8 Å². The fourth-order valence-corrected chi connectivity index (χ4v) is 6.41. The predicted octanol–water partition coefficient (Wildman–Crippen LogP) is 6.90. The molecule has 1 saturated heterocycles. The molecule has 6 rings (SSSR count). The molecule has 0 unspecified atom stereocenters. The summed E-state index contributed by atoms with van der Waals surface area (Å²) >= 11 is 5.87. The number of pyridine rings is 1. The molecule has 0 bridgehead atoms. The molecule has 1 aliphatic rings. The molecule has 2 aromatic heterocycles. The summed E-state index contributed by atoms with van der Waals surface area (Å²) in [7, 11) is 1.69. The number of amides is 1. The van der Waals surface area contributed by atoms with Crippen molar-refractivity contribution in [2.45, 2.75) is 51.3 Å². The summed E-state index contributed by atoms with van der Waals surface area (Å²) < 4.78 is 27.6. The van der Waals surface area contributed by atoms with Crippen LogP contribution >= 0.6 is 11.6 Å². The standard InChI is InChI=1S/C38H41ClFN5O4/c1-48-21-20-45-35-14-10-28(38(47)41-17-3-4-26-7-12-31(46)13-8-26)22-34(35)42-36(45)24-44-18-15-27(16-19-44)33-5-2-6-37(43-33)49-25-29-9-11-30(39)23-32(29)40/h2,5-14,22-23,27,46H,3-4,15-21,24-25H2,1H3,(H,41,47). The molecule has 1 fully saturated rings. The van der Waals surface area contributed by atoms with E-state index in [0.717, 1.165) is 66.9 Å². The van der Waals surface area contributed by atoms with Gasteiger partial charge in [-0.15, -0.1) is 0 Å². The Balaban J connectivity index is 1.05.